The maximum atomic E-state index is 14.4. The summed E-state index contributed by atoms with van der Waals surface area (Å²) in [6, 6.07) is 10.2. The van der Waals surface area contributed by atoms with E-state index >= 15 is 0 Å². The monoisotopic (exact) mass is 393 g/mol. The molecule has 0 saturated carbocycles. The van der Waals surface area contributed by atoms with Gasteiger partial charge in [-0.3, -0.25) is 9.78 Å². The molecule has 0 radical (unpaired) electrons. The maximum Gasteiger partial charge on any atom is 0.341 e. The van der Waals surface area contributed by atoms with Crippen LogP contribution in [0.3, 0.4) is 0 Å². The molecule has 0 unspecified atom stereocenters. The zero-order valence-corrected chi connectivity index (χ0v) is 14.8. The van der Waals surface area contributed by atoms with E-state index in [-0.39, 0.29) is 17.4 Å². The molecule has 4 aromatic rings. The van der Waals surface area contributed by atoms with Crippen molar-refractivity contribution < 1.29 is 18.7 Å². The molecule has 1 aromatic carbocycles. The van der Waals surface area contributed by atoms with E-state index in [0.29, 0.717) is 16.8 Å². The zero-order valence-electron chi connectivity index (χ0n) is 14.8. The van der Waals surface area contributed by atoms with Crippen molar-refractivity contribution in [3.63, 3.8) is 0 Å². The van der Waals surface area contributed by atoms with Gasteiger partial charge in [0.25, 0.3) is 0 Å². The number of aromatic carboxylic acids is 1. The average Bonchev–Trinajstić information content (AvgIpc) is 2.71. The van der Waals surface area contributed by atoms with Crippen LogP contribution in [0.2, 0.25) is 0 Å². The predicted molar refractivity (Wildman–Crippen MR) is 102 cm³/mol. The van der Waals surface area contributed by atoms with Crippen LogP contribution >= 0.6 is 0 Å². The van der Waals surface area contributed by atoms with Crippen LogP contribution in [0, 0.1) is 11.8 Å². The molecule has 0 aliphatic heterocycles. The van der Waals surface area contributed by atoms with Crippen molar-refractivity contribution in [3.8, 4) is 11.1 Å². The highest BCUT2D eigenvalue weighted by Crippen LogP contribution is 2.20. The van der Waals surface area contributed by atoms with Crippen LogP contribution in [0.5, 0.6) is 0 Å². The molecule has 144 valence electrons. The van der Waals surface area contributed by atoms with Gasteiger partial charge in [0, 0.05) is 35.1 Å². The van der Waals surface area contributed by atoms with E-state index in [2.05, 4.69) is 9.97 Å². The molecule has 0 saturated heterocycles. The van der Waals surface area contributed by atoms with Crippen molar-refractivity contribution in [1.82, 2.24) is 14.5 Å². The molecular weight excluding hydrogens is 380 g/mol. The van der Waals surface area contributed by atoms with E-state index in [9.17, 15) is 23.5 Å². The summed E-state index contributed by atoms with van der Waals surface area (Å²) in [5.41, 5.74) is 0.735. The summed E-state index contributed by atoms with van der Waals surface area (Å²) in [4.78, 5) is 31.7. The molecule has 4 rings (SSSR count). The van der Waals surface area contributed by atoms with Crippen LogP contribution in [0.15, 0.2) is 65.8 Å². The number of carbonyl (C=O) groups is 1. The minimum atomic E-state index is -1.39. The van der Waals surface area contributed by atoms with Crippen LogP contribution in [-0.4, -0.2) is 25.6 Å². The van der Waals surface area contributed by atoms with Gasteiger partial charge in [-0.1, -0.05) is 12.1 Å². The number of carboxylic acid groups (broad SMARTS) is 1. The Kier molecular flexibility index (Phi) is 4.59. The molecule has 8 heteroatoms. The molecule has 0 spiro atoms. The first kappa shape index (κ1) is 18.4. The molecule has 0 aliphatic carbocycles. The quantitative estimate of drug-likeness (QED) is 0.537. The number of hydrogen-bond donors (Lipinski definition) is 1. The Hall–Kier alpha value is -3.94. The van der Waals surface area contributed by atoms with Gasteiger partial charge < -0.3 is 9.67 Å². The number of pyridine rings is 3. The Labute approximate surface area is 162 Å². The van der Waals surface area contributed by atoms with Crippen LogP contribution in [0.1, 0.15) is 16.1 Å². The highest BCUT2D eigenvalue weighted by Gasteiger charge is 2.17. The number of para-hydroxylation sites is 1. The van der Waals surface area contributed by atoms with E-state index in [1.165, 1.54) is 35.0 Å². The standard InChI is InChI=1S/C21H13F2N3O3/c22-17-3-1-2-15-19(17)26(11-16(20(15)27)21(28)29)10-14-6-4-12(8-24-14)13-5-7-18(23)25-9-13/h1-9,11H,10H2,(H,28,29). The summed E-state index contributed by atoms with van der Waals surface area (Å²) in [5.74, 6) is -2.60. The fourth-order valence-corrected chi connectivity index (χ4v) is 3.10. The summed E-state index contributed by atoms with van der Waals surface area (Å²) >= 11 is 0. The lowest BCUT2D eigenvalue weighted by atomic mass is 10.1. The Bertz CT molecular complexity index is 1280. The number of fused-ring (bicyclic) bond motifs is 1. The average molecular weight is 393 g/mol. The van der Waals surface area contributed by atoms with Crippen LogP contribution in [0.25, 0.3) is 22.0 Å². The first-order valence-corrected chi connectivity index (χ1v) is 8.56. The summed E-state index contributed by atoms with van der Waals surface area (Å²) < 4.78 is 28.7. The first-order valence-electron chi connectivity index (χ1n) is 8.56. The van der Waals surface area contributed by atoms with Gasteiger partial charge in [-0.15, -0.1) is 0 Å². The third-order valence-electron chi connectivity index (χ3n) is 4.50. The summed E-state index contributed by atoms with van der Waals surface area (Å²) in [6.45, 7) is 0.0555. The molecule has 0 atom stereocenters. The van der Waals surface area contributed by atoms with Gasteiger partial charge in [0.1, 0.15) is 11.4 Å². The first-order chi connectivity index (χ1) is 13.9. The molecule has 1 N–H and O–H groups in total. The maximum absolute atomic E-state index is 14.4. The van der Waals surface area contributed by atoms with Crippen molar-refractivity contribution in [2.24, 2.45) is 0 Å². The van der Waals surface area contributed by atoms with Gasteiger partial charge in [-0.05, 0) is 30.3 Å². The molecule has 0 amide bonds. The van der Waals surface area contributed by atoms with Crippen molar-refractivity contribution in [1.29, 1.82) is 0 Å². The number of rotatable bonds is 4. The minimum absolute atomic E-state index is 0.0103. The normalized spacial score (nSPS) is 11.0. The number of carboxylic acids is 1. The van der Waals surface area contributed by atoms with Crippen LogP contribution in [-0.2, 0) is 6.54 Å². The third-order valence-corrected chi connectivity index (χ3v) is 4.50. The highest BCUT2D eigenvalue weighted by atomic mass is 19.1. The van der Waals surface area contributed by atoms with Gasteiger partial charge in [-0.2, -0.15) is 4.39 Å². The molecule has 0 bridgehead atoms. The Morgan fingerprint density at radius 3 is 2.34 bits per heavy atom. The lowest BCUT2D eigenvalue weighted by Gasteiger charge is -2.13. The van der Waals surface area contributed by atoms with Gasteiger partial charge in [0.15, 0.2) is 0 Å². The second kappa shape index (κ2) is 7.23. The second-order valence-corrected chi connectivity index (χ2v) is 6.35. The molecule has 6 nitrogen and oxygen atoms in total. The number of hydrogen-bond acceptors (Lipinski definition) is 4. The summed E-state index contributed by atoms with van der Waals surface area (Å²) in [5, 5.41) is 9.30. The Morgan fingerprint density at radius 2 is 1.72 bits per heavy atom. The fourth-order valence-electron chi connectivity index (χ4n) is 3.10. The van der Waals surface area contributed by atoms with Gasteiger partial charge in [0.05, 0.1) is 17.8 Å². The van der Waals surface area contributed by atoms with Gasteiger partial charge in [0.2, 0.25) is 11.4 Å². The number of benzene rings is 1. The summed E-state index contributed by atoms with van der Waals surface area (Å²) in [7, 11) is 0. The molecule has 3 heterocycles. The predicted octanol–water partition coefficient (Wildman–Crippen LogP) is 3.48. The van der Waals surface area contributed by atoms with Crippen LogP contribution in [0.4, 0.5) is 8.78 Å². The van der Waals surface area contributed by atoms with E-state index in [1.807, 2.05) is 0 Å². The second-order valence-electron chi connectivity index (χ2n) is 6.35. The Balaban J connectivity index is 1.76. The van der Waals surface area contributed by atoms with Gasteiger partial charge >= 0.3 is 5.97 Å². The van der Waals surface area contributed by atoms with Crippen molar-refractivity contribution in [3.05, 3.63) is 94.3 Å². The van der Waals surface area contributed by atoms with E-state index in [1.54, 1.807) is 24.4 Å². The van der Waals surface area contributed by atoms with Crippen molar-refractivity contribution >= 4 is 16.9 Å². The zero-order chi connectivity index (χ0) is 20.5. The molecule has 0 fully saturated rings. The summed E-state index contributed by atoms with van der Waals surface area (Å²) in [6.07, 6.45) is 4.06. The van der Waals surface area contributed by atoms with E-state index < -0.39 is 28.7 Å². The van der Waals surface area contributed by atoms with Gasteiger partial charge in [-0.25, -0.2) is 14.2 Å². The number of aromatic nitrogens is 3. The number of nitrogens with zero attached hydrogens (tertiary/aromatic N) is 3. The SMILES string of the molecule is O=C(O)c1cn(Cc2ccc(-c3ccc(F)nc3)cn2)c2c(F)cccc2c1=O. The number of halogens is 2. The highest BCUT2D eigenvalue weighted by molar-refractivity contribution is 5.92. The lowest BCUT2D eigenvalue weighted by Crippen LogP contribution is -2.20. The Morgan fingerprint density at radius 1 is 1.00 bits per heavy atom. The van der Waals surface area contributed by atoms with Crippen molar-refractivity contribution in [2.45, 2.75) is 6.54 Å². The molecular formula is C21H13F2N3O3. The van der Waals surface area contributed by atoms with E-state index in [0.717, 1.165) is 6.20 Å². The largest absolute Gasteiger partial charge is 0.477 e. The topological polar surface area (TPSA) is 85.1 Å². The van der Waals surface area contributed by atoms with E-state index in [4.69, 9.17) is 0 Å². The third kappa shape index (κ3) is 3.47. The smallest absolute Gasteiger partial charge is 0.341 e. The molecule has 3 aromatic heterocycles. The molecule has 29 heavy (non-hydrogen) atoms. The fraction of sp³-hybridized carbons (Fsp3) is 0.0476. The minimum Gasteiger partial charge on any atom is -0.477 e. The molecule has 0 aliphatic rings. The lowest BCUT2D eigenvalue weighted by molar-refractivity contribution is 0.0695. The van der Waals surface area contributed by atoms with Crippen molar-refractivity contribution in [2.75, 3.05) is 0 Å². The van der Waals surface area contributed by atoms with Crippen LogP contribution < -0.4 is 5.43 Å².